The van der Waals surface area contributed by atoms with Crippen molar-refractivity contribution < 1.29 is 9.53 Å². The third kappa shape index (κ3) is 5.50. The van der Waals surface area contributed by atoms with E-state index in [0.29, 0.717) is 24.8 Å². The summed E-state index contributed by atoms with van der Waals surface area (Å²) in [5.74, 6) is 1.08. The summed E-state index contributed by atoms with van der Waals surface area (Å²) in [7, 11) is 0. The number of amides is 1. The van der Waals surface area contributed by atoms with E-state index in [2.05, 4.69) is 19.2 Å². The van der Waals surface area contributed by atoms with Crippen molar-refractivity contribution in [3.63, 3.8) is 0 Å². The standard InChI is InChI=1S/C13H26N2O2/c1-3-10(2)12(14)9-15-13(16)8-11-4-6-17-7-5-11/h10-12H,3-9,14H2,1-2H3,(H,15,16)/t10?,12-/m1/s1. The number of hydrogen-bond acceptors (Lipinski definition) is 3. The Balaban J connectivity index is 2.16. The van der Waals surface area contributed by atoms with Gasteiger partial charge in [0.1, 0.15) is 0 Å². The first-order chi connectivity index (χ1) is 8.13. The molecule has 4 nitrogen and oxygen atoms in total. The van der Waals surface area contributed by atoms with Gasteiger partial charge >= 0.3 is 0 Å². The minimum atomic E-state index is 0.0682. The second-order valence-electron chi connectivity index (χ2n) is 5.11. The number of rotatable bonds is 6. The van der Waals surface area contributed by atoms with E-state index in [9.17, 15) is 4.79 Å². The average molecular weight is 242 g/mol. The Kier molecular flexibility index (Phi) is 6.52. The molecule has 2 atom stereocenters. The molecule has 0 spiro atoms. The van der Waals surface area contributed by atoms with Crippen LogP contribution in [0.15, 0.2) is 0 Å². The van der Waals surface area contributed by atoms with E-state index >= 15 is 0 Å². The van der Waals surface area contributed by atoms with E-state index in [1.165, 1.54) is 0 Å². The Morgan fingerprint density at radius 3 is 2.71 bits per heavy atom. The van der Waals surface area contributed by atoms with Crippen molar-refractivity contribution in [2.75, 3.05) is 19.8 Å². The van der Waals surface area contributed by atoms with Crippen molar-refractivity contribution in [1.29, 1.82) is 0 Å². The van der Waals surface area contributed by atoms with Crippen LogP contribution >= 0.6 is 0 Å². The largest absolute Gasteiger partial charge is 0.381 e. The summed E-state index contributed by atoms with van der Waals surface area (Å²) in [5.41, 5.74) is 5.97. The first-order valence-corrected chi connectivity index (χ1v) is 6.73. The fourth-order valence-electron chi connectivity index (χ4n) is 2.02. The van der Waals surface area contributed by atoms with Crippen molar-refractivity contribution in [3.05, 3.63) is 0 Å². The van der Waals surface area contributed by atoms with Crippen LogP contribution in [0.2, 0.25) is 0 Å². The predicted molar refractivity (Wildman–Crippen MR) is 68.6 cm³/mol. The number of carbonyl (C=O) groups excluding carboxylic acids is 1. The van der Waals surface area contributed by atoms with Gasteiger partial charge in [-0.25, -0.2) is 0 Å². The Labute approximate surface area is 104 Å². The predicted octanol–water partition coefficient (Wildman–Crippen LogP) is 1.29. The molecule has 4 heteroatoms. The van der Waals surface area contributed by atoms with Gasteiger partial charge in [-0.1, -0.05) is 20.3 Å². The van der Waals surface area contributed by atoms with Gasteiger partial charge in [-0.15, -0.1) is 0 Å². The average Bonchev–Trinajstić information content (AvgIpc) is 2.36. The molecule has 100 valence electrons. The highest BCUT2D eigenvalue weighted by atomic mass is 16.5. The van der Waals surface area contributed by atoms with Crippen molar-refractivity contribution in [2.24, 2.45) is 17.6 Å². The lowest BCUT2D eigenvalue weighted by Gasteiger charge is -2.22. The van der Waals surface area contributed by atoms with Gasteiger partial charge in [-0.05, 0) is 24.7 Å². The SMILES string of the molecule is CCC(C)[C@H](N)CNC(=O)CC1CCOCC1. The normalized spacial score (nSPS) is 20.9. The molecule has 1 aliphatic heterocycles. The minimum Gasteiger partial charge on any atom is -0.381 e. The van der Waals surface area contributed by atoms with Crippen LogP contribution in [0.3, 0.4) is 0 Å². The minimum absolute atomic E-state index is 0.0682. The third-order valence-electron chi connectivity index (χ3n) is 3.72. The van der Waals surface area contributed by atoms with Crippen LogP contribution in [0.1, 0.15) is 39.5 Å². The van der Waals surface area contributed by atoms with Crippen LogP contribution in [0.4, 0.5) is 0 Å². The maximum Gasteiger partial charge on any atom is 0.220 e. The van der Waals surface area contributed by atoms with Crippen LogP contribution in [-0.2, 0) is 9.53 Å². The van der Waals surface area contributed by atoms with Crippen molar-refractivity contribution in [2.45, 2.75) is 45.6 Å². The zero-order valence-electron chi connectivity index (χ0n) is 11.1. The Morgan fingerprint density at radius 2 is 2.12 bits per heavy atom. The van der Waals surface area contributed by atoms with Gasteiger partial charge in [0.05, 0.1) is 0 Å². The van der Waals surface area contributed by atoms with Crippen LogP contribution in [0.25, 0.3) is 0 Å². The summed E-state index contributed by atoms with van der Waals surface area (Å²) in [6.07, 6.45) is 3.68. The first-order valence-electron chi connectivity index (χ1n) is 6.73. The van der Waals surface area contributed by atoms with Gasteiger partial charge in [0.25, 0.3) is 0 Å². The van der Waals surface area contributed by atoms with Gasteiger partial charge in [0.2, 0.25) is 5.91 Å². The molecule has 0 aromatic carbocycles. The molecule has 1 fully saturated rings. The lowest BCUT2D eigenvalue weighted by Crippen LogP contribution is -2.41. The van der Waals surface area contributed by atoms with E-state index in [-0.39, 0.29) is 11.9 Å². The summed E-state index contributed by atoms with van der Waals surface area (Å²) >= 11 is 0. The van der Waals surface area contributed by atoms with Crippen LogP contribution in [0, 0.1) is 11.8 Å². The second kappa shape index (κ2) is 7.67. The number of nitrogens with one attached hydrogen (secondary N) is 1. The summed E-state index contributed by atoms with van der Waals surface area (Å²) in [6, 6.07) is 0.0682. The Hall–Kier alpha value is -0.610. The van der Waals surface area contributed by atoms with Crippen LogP contribution in [-0.4, -0.2) is 31.7 Å². The van der Waals surface area contributed by atoms with E-state index in [4.69, 9.17) is 10.5 Å². The lowest BCUT2D eigenvalue weighted by atomic mass is 9.96. The number of carbonyl (C=O) groups is 1. The molecule has 1 heterocycles. The number of ether oxygens (including phenoxy) is 1. The molecule has 17 heavy (non-hydrogen) atoms. The maximum atomic E-state index is 11.7. The van der Waals surface area contributed by atoms with Crippen molar-refractivity contribution in [3.8, 4) is 0 Å². The van der Waals surface area contributed by atoms with E-state index in [1.807, 2.05) is 0 Å². The van der Waals surface area contributed by atoms with Gasteiger partial charge in [-0.3, -0.25) is 4.79 Å². The maximum absolute atomic E-state index is 11.7. The molecule has 1 rings (SSSR count). The van der Waals surface area contributed by atoms with Gasteiger partial charge < -0.3 is 15.8 Å². The summed E-state index contributed by atoms with van der Waals surface area (Å²) < 4.78 is 5.27. The van der Waals surface area contributed by atoms with Gasteiger partial charge in [0.15, 0.2) is 0 Å². The molecular weight excluding hydrogens is 216 g/mol. The monoisotopic (exact) mass is 242 g/mol. The number of nitrogens with two attached hydrogens (primary N) is 1. The first kappa shape index (κ1) is 14.5. The van der Waals surface area contributed by atoms with Gasteiger partial charge in [0, 0.05) is 32.2 Å². The molecule has 3 N–H and O–H groups in total. The van der Waals surface area contributed by atoms with Crippen molar-refractivity contribution >= 4 is 5.91 Å². The molecule has 0 saturated carbocycles. The van der Waals surface area contributed by atoms with Crippen LogP contribution < -0.4 is 11.1 Å². The van der Waals surface area contributed by atoms with Crippen LogP contribution in [0.5, 0.6) is 0 Å². The van der Waals surface area contributed by atoms with E-state index in [0.717, 1.165) is 32.5 Å². The quantitative estimate of drug-likeness (QED) is 0.737. The molecule has 0 aromatic rings. The smallest absolute Gasteiger partial charge is 0.220 e. The summed E-state index contributed by atoms with van der Waals surface area (Å²) in [6.45, 7) is 6.43. The molecule has 0 aromatic heterocycles. The molecule has 1 amide bonds. The molecule has 1 aliphatic rings. The lowest BCUT2D eigenvalue weighted by molar-refractivity contribution is -0.122. The zero-order valence-corrected chi connectivity index (χ0v) is 11.1. The fourth-order valence-corrected chi connectivity index (χ4v) is 2.02. The fraction of sp³-hybridized carbons (Fsp3) is 0.923. The van der Waals surface area contributed by atoms with E-state index < -0.39 is 0 Å². The summed E-state index contributed by atoms with van der Waals surface area (Å²) in [4.78, 5) is 11.7. The second-order valence-corrected chi connectivity index (χ2v) is 5.11. The highest BCUT2D eigenvalue weighted by molar-refractivity contribution is 5.76. The van der Waals surface area contributed by atoms with E-state index in [1.54, 1.807) is 0 Å². The molecule has 0 radical (unpaired) electrons. The molecule has 1 unspecified atom stereocenters. The van der Waals surface area contributed by atoms with Gasteiger partial charge in [-0.2, -0.15) is 0 Å². The van der Waals surface area contributed by atoms with Crippen molar-refractivity contribution in [1.82, 2.24) is 5.32 Å². The molecule has 0 bridgehead atoms. The third-order valence-corrected chi connectivity index (χ3v) is 3.72. The molecule has 1 saturated heterocycles. The Bertz CT molecular complexity index is 227. The number of hydrogen-bond donors (Lipinski definition) is 2. The Morgan fingerprint density at radius 1 is 1.47 bits per heavy atom. The highest BCUT2D eigenvalue weighted by Gasteiger charge is 2.18. The zero-order chi connectivity index (χ0) is 12.7. The molecular formula is C13H26N2O2. The molecule has 0 aliphatic carbocycles. The summed E-state index contributed by atoms with van der Waals surface area (Å²) in [5, 5.41) is 2.94. The topological polar surface area (TPSA) is 64.3 Å². The highest BCUT2D eigenvalue weighted by Crippen LogP contribution is 2.18.